The van der Waals surface area contributed by atoms with Crippen LogP contribution >= 0.6 is 22.9 Å². The Hall–Kier alpha value is -2.96. The number of benzene rings is 1. The normalized spacial score (nSPS) is 9.83. The number of nitro benzene ring substituents is 1. The van der Waals surface area contributed by atoms with Gasteiger partial charge in [-0.05, 0) is 23.6 Å². The van der Waals surface area contributed by atoms with E-state index in [1.54, 1.807) is 11.4 Å². The van der Waals surface area contributed by atoms with Gasteiger partial charge in [0.05, 0.1) is 16.1 Å². The number of nitrogens with one attached hydrogen (secondary N) is 1. The van der Waals surface area contributed by atoms with Crippen LogP contribution in [0.25, 0.3) is 0 Å². The first-order valence-corrected chi connectivity index (χ1v) is 7.56. The van der Waals surface area contributed by atoms with Crippen molar-refractivity contribution in [3.63, 3.8) is 0 Å². The molecule has 1 N–H and O–H groups in total. The number of rotatable bonds is 5. The molecule has 122 valence electrons. The molecule has 0 spiro atoms. The zero-order valence-corrected chi connectivity index (χ0v) is 13.4. The van der Waals surface area contributed by atoms with E-state index in [1.807, 2.05) is 6.07 Å². The fourth-order valence-electron chi connectivity index (χ4n) is 1.65. The molecule has 0 atom stereocenters. The third-order valence-corrected chi connectivity index (χ3v) is 3.90. The quantitative estimate of drug-likeness (QED) is 0.493. The fourth-order valence-corrected chi connectivity index (χ4v) is 2.59. The van der Waals surface area contributed by atoms with Crippen LogP contribution in [0.2, 0.25) is 5.02 Å². The van der Waals surface area contributed by atoms with E-state index < -0.39 is 29.1 Å². The van der Waals surface area contributed by atoms with Crippen molar-refractivity contribution >= 4 is 45.5 Å². The van der Waals surface area contributed by atoms with Gasteiger partial charge in [-0.2, -0.15) is 5.26 Å². The van der Waals surface area contributed by atoms with Gasteiger partial charge >= 0.3 is 5.97 Å². The summed E-state index contributed by atoms with van der Waals surface area (Å²) in [6.07, 6.45) is 0. The first kappa shape index (κ1) is 17.4. The van der Waals surface area contributed by atoms with Crippen LogP contribution in [0.1, 0.15) is 15.9 Å². The minimum absolute atomic E-state index is 0.104. The Morgan fingerprint density at radius 3 is 2.83 bits per heavy atom. The summed E-state index contributed by atoms with van der Waals surface area (Å²) in [7, 11) is 0. The first-order chi connectivity index (χ1) is 11.4. The van der Waals surface area contributed by atoms with E-state index in [1.165, 1.54) is 12.1 Å². The molecule has 0 aliphatic heterocycles. The minimum atomic E-state index is -0.906. The van der Waals surface area contributed by atoms with Gasteiger partial charge in [-0.1, -0.05) is 11.6 Å². The second kappa shape index (κ2) is 7.54. The van der Waals surface area contributed by atoms with Gasteiger partial charge in [-0.25, -0.2) is 4.79 Å². The number of nitro groups is 1. The van der Waals surface area contributed by atoms with Gasteiger partial charge in [0, 0.05) is 6.07 Å². The highest BCUT2D eigenvalue weighted by molar-refractivity contribution is 7.14. The van der Waals surface area contributed by atoms with Crippen LogP contribution in [0, 0.1) is 21.4 Å². The molecule has 24 heavy (non-hydrogen) atoms. The van der Waals surface area contributed by atoms with Crippen molar-refractivity contribution in [1.82, 2.24) is 0 Å². The number of nitriles is 1. The lowest BCUT2D eigenvalue weighted by Gasteiger charge is -2.06. The van der Waals surface area contributed by atoms with Gasteiger partial charge in [0.25, 0.3) is 11.6 Å². The third-order valence-electron chi connectivity index (χ3n) is 2.75. The number of amides is 1. The second-order valence-corrected chi connectivity index (χ2v) is 5.65. The van der Waals surface area contributed by atoms with Crippen molar-refractivity contribution in [3.8, 4) is 6.07 Å². The minimum Gasteiger partial charge on any atom is -0.452 e. The van der Waals surface area contributed by atoms with E-state index in [-0.39, 0.29) is 10.6 Å². The molecule has 1 aromatic carbocycles. The molecule has 0 saturated heterocycles. The number of hydrogen-bond donors (Lipinski definition) is 1. The Bertz CT molecular complexity index is 858. The predicted molar refractivity (Wildman–Crippen MR) is 86.1 cm³/mol. The second-order valence-electron chi connectivity index (χ2n) is 4.32. The molecule has 0 saturated carbocycles. The van der Waals surface area contributed by atoms with Crippen LogP contribution in [0.5, 0.6) is 0 Å². The molecule has 1 aromatic heterocycles. The molecule has 1 heterocycles. The highest BCUT2D eigenvalue weighted by atomic mass is 35.5. The largest absolute Gasteiger partial charge is 0.452 e. The molecule has 10 heteroatoms. The lowest BCUT2D eigenvalue weighted by atomic mass is 10.2. The fraction of sp³-hybridized carbons (Fsp3) is 0.0714. The number of carbonyl (C=O) groups excluding carboxylic acids is 2. The molecule has 0 bridgehead atoms. The monoisotopic (exact) mass is 365 g/mol. The van der Waals surface area contributed by atoms with Crippen molar-refractivity contribution in [1.29, 1.82) is 5.26 Å². The average molecular weight is 366 g/mol. The molecular formula is C14H8ClN3O5S. The van der Waals surface area contributed by atoms with E-state index in [4.69, 9.17) is 21.6 Å². The maximum absolute atomic E-state index is 11.8. The van der Waals surface area contributed by atoms with Crippen LogP contribution in [0.4, 0.5) is 10.7 Å². The van der Waals surface area contributed by atoms with Crippen molar-refractivity contribution in [2.45, 2.75) is 0 Å². The van der Waals surface area contributed by atoms with Gasteiger partial charge in [0.1, 0.15) is 16.1 Å². The number of ether oxygens (including phenoxy) is 1. The lowest BCUT2D eigenvalue weighted by molar-refractivity contribution is -0.384. The zero-order valence-electron chi connectivity index (χ0n) is 11.8. The number of hydrogen-bond acceptors (Lipinski definition) is 7. The van der Waals surface area contributed by atoms with Gasteiger partial charge < -0.3 is 10.1 Å². The lowest BCUT2D eigenvalue weighted by Crippen LogP contribution is -2.20. The summed E-state index contributed by atoms with van der Waals surface area (Å²) in [6, 6.07) is 6.86. The molecule has 2 rings (SSSR count). The number of anilines is 1. The Balaban J connectivity index is 1.98. The molecular weight excluding hydrogens is 358 g/mol. The summed E-state index contributed by atoms with van der Waals surface area (Å²) in [6.45, 7) is -0.599. The summed E-state index contributed by atoms with van der Waals surface area (Å²) in [5.41, 5.74) is -0.242. The Labute approximate surface area is 144 Å². The van der Waals surface area contributed by atoms with Crippen LogP contribution in [0.3, 0.4) is 0 Å². The van der Waals surface area contributed by atoms with Gasteiger partial charge in [0.15, 0.2) is 6.61 Å². The van der Waals surface area contributed by atoms with Crippen LogP contribution in [-0.2, 0) is 9.53 Å². The van der Waals surface area contributed by atoms with Crippen molar-refractivity contribution in [2.75, 3.05) is 11.9 Å². The Morgan fingerprint density at radius 1 is 1.42 bits per heavy atom. The van der Waals surface area contributed by atoms with Gasteiger partial charge in [-0.15, -0.1) is 11.3 Å². The average Bonchev–Trinajstić information content (AvgIpc) is 2.99. The topological polar surface area (TPSA) is 122 Å². The van der Waals surface area contributed by atoms with E-state index in [0.29, 0.717) is 10.6 Å². The van der Waals surface area contributed by atoms with Crippen molar-refractivity contribution in [3.05, 3.63) is 55.9 Å². The number of nitrogens with zero attached hydrogens (tertiary/aromatic N) is 2. The SMILES string of the molecule is N#Cc1ccsc1NC(=O)COC(=O)c1ccc(Cl)c([N+](=O)[O-])c1. The summed E-state index contributed by atoms with van der Waals surface area (Å²) in [4.78, 5) is 33.6. The third kappa shape index (κ3) is 4.07. The van der Waals surface area contributed by atoms with E-state index in [0.717, 1.165) is 17.4 Å². The Morgan fingerprint density at radius 2 is 2.17 bits per heavy atom. The predicted octanol–water partition coefficient (Wildman–Crippen LogP) is 2.98. The van der Waals surface area contributed by atoms with E-state index >= 15 is 0 Å². The van der Waals surface area contributed by atoms with Crippen LogP contribution in [0.15, 0.2) is 29.6 Å². The number of halogens is 1. The highest BCUT2D eigenvalue weighted by Gasteiger charge is 2.18. The van der Waals surface area contributed by atoms with Gasteiger partial charge in [-0.3, -0.25) is 14.9 Å². The molecule has 0 aliphatic rings. The number of esters is 1. The molecule has 0 unspecified atom stereocenters. The first-order valence-electron chi connectivity index (χ1n) is 6.31. The van der Waals surface area contributed by atoms with E-state index in [2.05, 4.69) is 5.32 Å². The van der Waals surface area contributed by atoms with Crippen molar-refractivity contribution in [2.24, 2.45) is 0 Å². The molecule has 0 aliphatic carbocycles. The standard InChI is InChI=1S/C14H8ClN3O5S/c15-10-2-1-8(5-11(10)18(21)22)14(20)23-7-12(19)17-13-9(6-16)3-4-24-13/h1-5H,7H2,(H,17,19). The summed E-state index contributed by atoms with van der Waals surface area (Å²) < 4.78 is 4.79. The van der Waals surface area contributed by atoms with Crippen LogP contribution < -0.4 is 5.32 Å². The summed E-state index contributed by atoms with van der Waals surface area (Å²) >= 11 is 6.80. The molecule has 0 fully saturated rings. The molecule has 1 amide bonds. The van der Waals surface area contributed by atoms with Crippen LogP contribution in [-0.4, -0.2) is 23.4 Å². The molecule has 2 aromatic rings. The number of thiophene rings is 1. The Kier molecular flexibility index (Phi) is 5.47. The highest BCUT2D eigenvalue weighted by Crippen LogP contribution is 2.25. The maximum atomic E-state index is 11.8. The molecule has 0 radical (unpaired) electrons. The van der Waals surface area contributed by atoms with E-state index in [9.17, 15) is 19.7 Å². The summed E-state index contributed by atoms with van der Waals surface area (Å²) in [5, 5.41) is 23.9. The smallest absolute Gasteiger partial charge is 0.338 e. The summed E-state index contributed by atoms with van der Waals surface area (Å²) in [5.74, 6) is -1.54. The zero-order chi connectivity index (χ0) is 17.7. The molecule has 8 nitrogen and oxygen atoms in total. The maximum Gasteiger partial charge on any atom is 0.338 e. The number of carbonyl (C=O) groups is 2. The van der Waals surface area contributed by atoms with Crippen molar-refractivity contribution < 1.29 is 19.2 Å². The van der Waals surface area contributed by atoms with Gasteiger partial charge in [0.2, 0.25) is 0 Å².